The summed E-state index contributed by atoms with van der Waals surface area (Å²) in [5, 5.41) is 11.0. The molecule has 11 heteroatoms. The fourth-order valence-electron chi connectivity index (χ4n) is 1.50. The number of hydrogen-bond donors (Lipinski definition) is 0. The largest absolute Gasteiger partial charge is 0.534 e. The zero-order chi connectivity index (χ0) is 16.6. The lowest BCUT2D eigenvalue weighted by atomic mass is 10.3. The van der Waals surface area contributed by atoms with E-state index in [0.717, 1.165) is 6.07 Å². The Kier molecular flexibility index (Phi) is 4.39. The average molecular weight is 343 g/mol. The first-order valence-corrected chi connectivity index (χ1v) is 10.5. The van der Waals surface area contributed by atoms with Crippen LogP contribution in [0.3, 0.4) is 0 Å². The van der Waals surface area contributed by atoms with E-state index in [9.17, 15) is 31.7 Å². The van der Waals surface area contributed by atoms with E-state index >= 15 is 0 Å². The van der Waals surface area contributed by atoms with Gasteiger partial charge in [-0.1, -0.05) is 31.8 Å². The molecule has 1 rings (SSSR count). The van der Waals surface area contributed by atoms with Crippen LogP contribution in [0.1, 0.15) is 0 Å². The third-order valence-electron chi connectivity index (χ3n) is 2.48. The maximum Gasteiger partial charge on any atom is 0.534 e. The van der Waals surface area contributed by atoms with Crippen molar-refractivity contribution in [2.45, 2.75) is 25.1 Å². The van der Waals surface area contributed by atoms with Crippen LogP contribution in [-0.4, -0.2) is 26.9 Å². The van der Waals surface area contributed by atoms with Crippen LogP contribution >= 0.6 is 0 Å². The van der Waals surface area contributed by atoms with E-state index in [4.69, 9.17) is 0 Å². The van der Waals surface area contributed by atoms with Gasteiger partial charge in [-0.15, -0.1) is 0 Å². The van der Waals surface area contributed by atoms with Crippen molar-refractivity contribution in [2.24, 2.45) is 0 Å². The van der Waals surface area contributed by atoms with Crippen molar-refractivity contribution in [2.75, 3.05) is 0 Å². The lowest BCUT2D eigenvalue weighted by molar-refractivity contribution is -0.385. The summed E-state index contributed by atoms with van der Waals surface area (Å²) in [6.07, 6.45) is 0. The second-order valence-electron chi connectivity index (χ2n) is 5.14. The topological polar surface area (TPSA) is 86.5 Å². The molecule has 21 heavy (non-hydrogen) atoms. The fourth-order valence-corrected chi connectivity index (χ4v) is 3.52. The number of para-hydroxylation sites is 1. The van der Waals surface area contributed by atoms with Gasteiger partial charge in [0, 0.05) is 6.07 Å². The molecule has 0 aromatic heterocycles. The highest BCUT2D eigenvalue weighted by Gasteiger charge is 2.50. The average Bonchev–Trinajstić information content (AvgIpc) is 2.25. The predicted molar refractivity (Wildman–Crippen MR) is 71.7 cm³/mol. The van der Waals surface area contributed by atoms with Crippen molar-refractivity contribution in [3.8, 4) is 5.75 Å². The van der Waals surface area contributed by atoms with Gasteiger partial charge in [-0.25, -0.2) is 0 Å². The molecule has 0 aliphatic carbocycles. The molecule has 0 spiro atoms. The Morgan fingerprint density at radius 2 is 1.76 bits per heavy atom. The van der Waals surface area contributed by atoms with Gasteiger partial charge in [-0.2, -0.15) is 21.6 Å². The van der Waals surface area contributed by atoms with E-state index < -0.39 is 40.1 Å². The van der Waals surface area contributed by atoms with Gasteiger partial charge in [0.2, 0.25) is 5.75 Å². The van der Waals surface area contributed by atoms with E-state index in [-0.39, 0.29) is 5.19 Å². The number of hydrogen-bond acceptors (Lipinski definition) is 5. The molecule has 1 aromatic rings. The van der Waals surface area contributed by atoms with Crippen molar-refractivity contribution >= 4 is 29.1 Å². The number of rotatable bonds is 4. The molecule has 1 aromatic carbocycles. The van der Waals surface area contributed by atoms with E-state index in [1.165, 1.54) is 12.1 Å². The van der Waals surface area contributed by atoms with E-state index in [1.54, 1.807) is 19.6 Å². The fraction of sp³-hybridized carbons (Fsp3) is 0.400. The van der Waals surface area contributed by atoms with Gasteiger partial charge in [0.05, 0.1) is 13.0 Å². The number of nitro groups is 1. The van der Waals surface area contributed by atoms with Crippen LogP contribution in [0, 0.1) is 10.1 Å². The number of nitrogens with zero attached hydrogens (tertiary/aromatic N) is 1. The highest BCUT2D eigenvalue weighted by molar-refractivity contribution is 7.88. The van der Waals surface area contributed by atoms with E-state index in [2.05, 4.69) is 4.18 Å². The molecular formula is C10H12F3NO5SSi. The van der Waals surface area contributed by atoms with Gasteiger partial charge < -0.3 is 4.18 Å². The quantitative estimate of drug-likeness (QED) is 0.275. The number of benzene rings is 1. The standard InChI is InChI=1S/C10H12F3NO5SSi/c1-21(2,3)8-6-4-5-7(14(15)16)9(8)19-20(17,18)10(11,12)13/h4-6H,1-3H3. The summed E-state index contributed by atoms with van der Waals surface area (Å²) in [5.41, 5.74) is -6.48. The summed E-state index contributed by atoms with van der Waals surface area (Å²) in [6.45, 7) is 5.08. The third-order valence-corrected chi connectivity index (χ3v) is 5.44. The number of alkyl halides is 3. The maximum atomic E-state index is 12.4. The molecule has 0 bridgehead atoms. The molecule has 6 nitrogen and oxygen atoms in total. The Morgan fingerprint density at radius 1 is 1.24 bits per heavy atom. The normalized spacial score (nSPS) is 13.0. The Labute approximate surface area is 119 Å². The smallest absolute Gasteiger partial charge is 0.369 e. The molecule has 0 aliphatic rings. The van der Waals surface area contributed by atoms with Gasteiger partial charge >= 0.3 is 21.3 Å². The van der Waals surface area contributed by atoms with Crippen LogP contribution in [0.5, 0.6) is 5.75 Å². The van der Waals surface area contributed by atoms with Crippen LogP contribution in [0.25, 0.3) is 0 Å². The molecular weight excluding hydrogens is 331 g/mol. The van der Waals surface area contributed by atoms with Crippen LogP contribution in [0.2, 0.25) is 19.6 Å². The minimum atomic E-state index is -5.97. The molecule has 0 heterocycles. The summed E-state index contributed by atoms with van der Waals surface area (Å²) in [4.78, 5) is 9.92. The lowest BCUT2D eigenvalue weighted by Gasteiger charge is -2.20. The van der Waals surface area contributed by atoms with Crippen LogP contribution in [0.4, 0.5) is 18.9 Å². The Balaban J connectivity index is 3.57. The van der Waals surface area contributed by atoms with Gasteiger partial charge in [0.1, 0.15) is 0 Å². The summed E-state index contributed by atoms with van der Waals surface area (Å²) >= 11 is 0. The van der Waals surface area contributed by atoms with Crippen molar-refractivity contribution in [3.63, 3.8) is 0 Å². The van der Waals surface area contributed by atoms with Gasteiger partial charge in [0.15, 0.2) is 0 Å². The molecule has 0 N–H and O–H groups in total. The van der Waals surface area contributed by atoms with Crippen molar-refractivity contribution in [1.29, 1.82) is 0 Å². The second-order valence-corrected chi connectivity index (χ2v) is 11.7. The first-order valence-electron chi connectivity index (χ1n) is 5.56. The molecule has 0 atom stereocenters. The molecule has 0 fully saturated rings. The Bertz CT molecular complexity index is 666. The lowest BCUT2D eigenvalue weighted by Crippen LogP contribution is -2.40. The zero-order valence-electron chi connectivity index (χ0n) is 11.3. The molecule has 0 saturated heterocycles. The highest BCUT2D eigenvalue weighted by Crippen LogP contribution is 2.32. The minimum Gasteiger partial charge on any atom is -0.369 e. The van der Waals surface area contributed by atoms with Gasteiger partial charge in [0.25, 0.3) is 0 Å². The van der Waals surface area contributed by atoms with Crippen LogP contribution in [-0.2, 0) is 10.1 Å². The first-order chi connectivity index (χ1) is 9.27. The molecule has 0 radical (unpaired) electrons. The molecule has 0 unspecified atom stereocenters. The first kappa shape index (κ1) is 17.4. The SMILES string of the molecule is C[Si](C)(C)c1cccc([N+](=O)[O-])c1OS(=O)(=O)C(F)(F)F. The highest BCUT2D eigenvalue weighted by atomic mass is 32.2. The second kappa shape index (κ2) is 5.29. The molecule has 0 amide bonds. The van der Waals surface area contributed by atoms with Crippen molar-refractivity contribution in [1.82, 2.24) is 0 Å². The summed E-state index contributed by atoms with van der Waals surface area (Å²) in [6, 6.07) is 3.50. The minimum absolute atomic E-state index is 0.115. The summed E-state index contributed by atoms with van der Waals surface area (Å²) in [7, 11) is -8.35. The van der Waals surface area contributed by atoms with Crippen LogP contribution in [0.15, 0.2) is 18.2 Å². The van der Waals surface area contributed by atoms with Crippen molar-refractivity contribution in [3.05, 3.63) is 28.3 Å². The monoisotopic (exact) mass is 343 g/mol. The van der Waals surface area contributed by atoms with E-state index in [0.29, 0.717) is 0 Å². The van der Waals surface area contributed by atoms with Gasteiger partial charge in [-0.05, 0) is 5.19 Å². The van der Waals surface area contributed by atoms with Crippen molar-refractivity contribution < 1.29 is 30.7 Å². The van der Waals surface area contributed by atoms with Crippen LogP contribution < -0.4 is 9.37 Å². The molecule has 0 aliphatic heterocycles. The molecule has 118 valence electrons. The zero-order valence-corrected chi connectivity index (χ0v) is 13.1. The summed E-state index contributed by atoms with van der Waals surface area (Å²) < 4.78 is 63.5. The number of halogens is 3. The maximum absolute atomic E-state index is 12.4. The number of nitro benzene ring substituents is 1. The Hall–Kier alpha value is -1.62. The Morgan fingerprint density at radius 3 is 2.14 bits per heavy atom. The molecule has 0 saturated carbocycles. The third kappa shape index (κ3) is 3.72. The predicted octanol–water partition coefficient (Wildman–Crippen LogP) is 2.37. The van der Waals surface area contributed by atoms with E-state index in [1.807, 2.05) is 0 Å². The van der Waals surface area contributed by atoms with Gasteiger partial charge in [-0.3, -0.25) is 10.1 Å². The summed E-state index contributed by atoms with van der Waals surface area (Å²) in [5.74, 6) is -0.862.